The van der Waals surface area contributed by atoms with E-state index in [1.807, 2.05) is 6.20 Å². The number of aryl methyl sites for hydroxylation is 1. The summed E-state index contributed by atoms with van der Waals surface area (Å²) in [5, 5.41) is 4.63. The fraction of sp³-hybridized carbons (Fsp3) is 0.308. The Morgan fingerprint density at radius 2 is 2.22 bits per heavy atom. The van der Waals surface area contributed by atoms with E-state index in [2.05, 4.69) is 17.2 Å². The Morgan fingerprint density at radius 1 is 1.39 bits per heavy atom. The van der Waals surface area contributed by atoms with Crippen LogP contribution in [-0.4, -0.2) is 4.98 Å². The number of thiazole rings is 1. The second kappa shape index (κ2) is 6.27. The van der Waals surface area contributed by atoms with Crippen LogP contribution in [0.2, 0.25) is 5.02 Å². The fourth-order valence-electron chi connectivity index (χ4n) is 1.59. The number of nitrogens with zero attached hydrogens (tertiary/aromatic N) is 1. The van der Waals surface area contributed by atoms with Crippen LogP contribution < -0.4 is 5.32 Å². The van der Waals surface area contributed by atoms with Gasteiger partial charge in [-0.3, -0.25) is 0 Å². The third kappa shape index (κ3) is 3.28. The molecule has 96 valence electrons. The van der Waals surface area contributed by atoms with Gasteiger partial charge < -0.3 is 5.32 Å². The van der Waals surface area contributed by atoms with Gasteiger partial charge in [-0.05, 0) is 18.6 Å². The third-order valence-corrected chi connectivity index (χ3v) is 4.09. The lowest BCUT2D eigenvalue weighted by Crippen LogP contribution is -2.13. The first-order chi connectivity index (χ1) is 8.70. The maximum atomic E-state index is 13.5. The number of hydrogen-bond donors (Lipinski definition) is 1. The van der Waals surface area contributed by atoms with Crippen molar-refractivity contribution in [3.8, 4) is 0 Å². The SMILES string of the molecule is CCc1cnc(CNCc2c(F)cccc2Cl)s1. The van der Waals surface area contributed by atoms with Crippen molar-refractivity contribution in [1.82, 2.24) is 10.3 Å². The van der Waals surface area contributed by atoms with Crippen LogP contribution in [0.5, 0.6) is 0 Å². The molecule has 2 rings (SSSR count). The Balaban J connectivity index is 1.92. The average Bonchev–Trinajstić information content (AvgIpc) is 2.81. The van der Waals surface area contributed by atoms with Crippen LogP contribution in [0.1, 0.15) is 22.4 Å². The number of halogens is 2. The van der Waals surface area contributed by atoms with Crippen LogP contribution in [0.4, 0.5) is 4.39 Å². The second-order valence-electron chi connectivity index (χ2n) is 3.88. The Bertz CT molecular complexity index is 507. The number of hydrogen-bond acceptors (Lipinski definition) is 3. The van der Waals surface area contributed by atoms with Gasteiger partial charge in [-0.2, -0.15) is 0 Å². The first-order valence-corrected chi connectivity index (χ1v) is 6.97. The van der Waals surface area contributed by atoms with E-state index in [0.29, 0.717) is 23.7 Å². The van der Waals surface area contributed by atoms with Crippen LogP contribution in [-0.2, 0) is 19.5 Å². The van der Waals surface area contributed by atoms with Gasteiger partial charge in [0, 0.05) is 34.7 Å². The summed E-state index contributed by atoms with van der Waals surface area (Å²) in [7, 11) is 0. The summed E-state index contributed by atoms with van der Waals surface area (Å²) in [4.78, 5) is 5.55. The van der Waals surface area contributed by atoms with Gasteiger partial charge in [0.15, 0.2) is 0 Å². The highest BCUT2D eigenvalue weighted by Crippen LogP contribution is 2.19. The third-order valence-electron chi connectivity index (χ3n) is 2.59. The van der Waals surface area contributed by atoms with Crippen LogP contribution in [0.25, 0.3) is 0 Å². The van der Waals surface area contributed by atoms with Gasteiger partial charge >= 0.3 is 0 Å². The molecule has 1 aromatic carbocycles. The molecule has 0 unspecified atom stereocenters. The summed E-state index contributed by atoms with van der Waals surface area (Å²) >= 11 is 7.62. The minimum atomic E-state index is -0.275. The van der Waals surface area contributed by atoms with Crippen LogP contribution in [0.3, 0.4) is 0 Å². The van der Waals surface area contributed by atoms with E-state index in [-0.39, 0.29) is 5.82 Å². The molecule has 0 saturated heterocycles. The van der Waals surface area contributed by atoms with Gasteiger partial charge in [-0.15, -0.1) is 11.3 Å². The van der Waals surface area contributed by atoms with E-state index in [1.54, 1.807) is 23.5 Å². The van der Waals surface area contributed by atoms with Crippen LogP contribution >= 0.6 is 22.9 Å². The summed E-state index contributed by atoms with van der Waals surface area (Å²) in [5.74, 6) is -0.275. The van der Waals surface area contributed by atoms with Crippen molar-refractivity contribution in [2.24, 2.45) is 0 Å². The van der Waals surface area contributed by atoms with Crippen LogP contribution in [0, 0.1) is 5.82 Å². The van der Waals surface area contributed by atoms with Gasteiger partial charge in [0.25, 0.3) is 0 Å². The molecule has 2 nitrogen and oxygen atoms in total. The Kier molecular flexibility index (Phi) is 4.69. The Morgan fingerprint density at radius 3 is 2.89 bits per heavy atom. The van der Waals surface area contributed by atoms with E-state index in [0.717, 1.165) is 11.4 Å². The molecule has 1 N–H and O–H groups in total. The van der Waals surface area contributed by atoms with E-state index in [4.69, 9.17) is 11.6 Å². The predicted molar refractivity (Wildman–Crippen MR) is 73.4 cm³/mol. The molecule has 0 bridgehead atoms. The number of aromatic nitrogens is 1. The Labute approximate surface area is 115 Å². The molecular formula is C13H14ClFN2S. The Hall–Kier alpha value is -0.970. The minimum absolute atomic E-state index is 0.275. The maximum absolute atomic E-state index is 13.5. The van der Waals surface area contributed by atoms with Crippen molar-refractivity contribution in [3.63, 3.8) is 0 Å². The van der Waals surface area contributed by atoms with Crippen molar-refractivity contribution in [2.75, 3.05) is 0 Å². The molecule has 0 aliphatic rings. The lowest BCUT2D eigenvalue weighted by Gasteiger charge is -2.06. The normalized spacial score (nSPS) is 10.8. The molecule has 18 heavy (non-hydrogen) atoms. The monoisotopic (exact) mass is 284 g/mol. The minimum Gasteiger partial charge on any atom is -0.306 e. The highest BCUT2D eigenvalue weighted by Gasteiger charge is 2.06. The topological polar surface area (TPSA) is 24.9 Å². The van der Waals surface area contributed by atoms with E-state index in [1.165, 1.54) is 10.9 Å². The zero-order valence-corrected chi connectivity index (χ0v) is 11.6. The highest BCUT2D eigenvalue weighted by molar-refractivity contribution is 7.11. The molecule has 0 radical (unpaired) electrons. The van der Waals surface area contributed by atoms with Crippen molar-refractivity contribution in [2.45, 2.75) is 26.4 Å². The molecule has 0 amide bonds. The highest BCUT2D eigenvalue weighted by atomic mass is 35.5. The summed E-state index contributed by atoms with van der Waals surface area (Å²) in [6.45, 7) is 3.14. The first kappa shape index (κ1) is 13.5. The molecule has 0 spiro atoms. The molecule has 0 atom stereocenters. The molecule has 1 heterocycles. The molecule has 0 fully saturated rings. The van der Waals surface area contributed by atoms with Crippen molar-refractivity contribution in [3.05, 3.63) is 50.7 Å². The molecule has 0 saturated carbocycles. The van der Waals surface area contributed by atoms with Gasteiger partial charge in [0.2, 0.25) is 0 Å². The molecule has 1 aromatic heterocycles. The molecule has 2 aromatic rings. The predicted octanol–water partition coefficient (Wildman–Crippen LogP) is 3.79. The summed E-state index contributed by atoms with van der Waals surface area (Å²) < 4.78 is 13.5. The smallest absolute Gasteiger partial charge is 0.129 e. The number of benzene rings is 1. The van der Waals surface area contributed by atoms with Crippen LogP contribution in [0.15, 0.2) is 24.4 Å². The largest absolute Gasteiger partial charge is 0.306 e. The van der Waals surface area contributed by atoms with Gasteiger partial charge in [0.1, 0.15) is 10.8 Å². The zero-order chi connectivity index (χ0) is 13.0. The lowest BCUT2D eigenvalue weighted by molar-refractivity contribution is 0.587. The summed E-state index contributed by atoms with van der Waals surface area (Å²) in [6.07, 6.45) is 2.88. The van der Waals surface area contributed by atoms with E-state index >= 15 is 0 Å². The summed E-state index contributed by atoms with van der Waals surface area (Å²) in [6, 6.07) is 4.72. The lowest BCUT2D eigenvalue weighted by atomic mass is 10.2. The summed E-state index contributed by atoms with van der Waals surface area (Å²) in [5.41, 5.74) is 0.506. The van der Waals surface area contributed by atoms with Crippen molar-refractivity contribution >= 4 is 22.9 Å². The van der Waals surface area contributed by atoms with E-state index < -0.39 is 0 Å². The van der Waals surface area contributed by atoms with Crippen molar-refractivity contribution < 1.29 is 4.39 Å². The second-order valence-corrected chi connectivity index (χ2v) is 5.48. The molecule has 0 aliphatic carbocycles. The fourth-order valence-corrected chi connectivity index (χ4v) is 2.65. The maximum Gasteiger partial charge on any atom is 0.129 e. The quantitative estimate of drug-likeness (QED) is 0.904. The van der Waals surface area contributed by atoms with E-state index in [9.17, 15) is 4.39 Å². The average molecular weight is 285 g/mol. The van der Waals surface area contributed by atoms with Gasteiger partial charge in [-0.25, -0.2) is 9.37 Å². The zero-order valence-electron chi connectivity index (χ0n) is 10.0. The molecule has 0 aliphatic heterocycles. The number of nitrogens with one attached hydrogen (secondary N) is 1. The standard InChI is InChI=1S/C13H14ClFN2S/c1-2-9-6-17-13(18-9)8-16-7-10-11(14)4-3-5-12(10)15/h3-6,16H,2,7-8H2,1H3. The van der Waals surface area contributed by atoms with Gasteiger partial charge in [-0.1, -0.05) is 24.6 Å². The molecule has 5 heteroatoms. The van der Waals surface area contributed by atoms with Crippen molar-refractivity contribution in [1.29, 1.82) is 0 Å². The van der Waals surface area contributed by atoms with Gasteiger partial charge in [0.05, 0.1) is 0 Å². The number of rotatable bonds is 5. The molecular weight excluding hydrogens is 271 g/mol. The first-order valence-electron chi connectivity index (χ1n) is 5.78.